The standard InChI is InChI=1S/C10H9Cl2NO3/c1-13(9(14)10(15)16-2)6-3-4-7(11)8(12)5-6/h3-5H,1-2H3. The zero-order valence-corrected chi connectivity index (χ0v) is 10.2. The number of carbonyl (C=O) groups excluding carboxylic acids is 2. The molecule has 0 bridgehead atoms. The van der Waals surface area contributed by atoms with Crippen LogP contribution in [-0.4, -0.2) is 26.0 Å². The van der Waals surface area contributed by atoms with Crippen LogP contribution in [0.1, 0.15) is 0 Å². The van der Waals surface area contributed by atoms with Gasteiger partial charge in [0.2, 0.25) is 0 Å². The van der Waals surface area contributed by atoms with Crippen molar-refractivity contribution in [1.82, 2.24) is 0 Å². The van der Waals surface area contributed by atoms with Crippen LogP contribution < -0.4 is 4.90 Å². The van der Waals surface area contributed by atoms with Crippen molar-refractivity contribution >= 4 is 40.8 Å². The van der Waals surface area contributed by atoms with Crippen molar-refractivity contribution in [2.24, 2.45) is 0 Å². The van der Waals surface area contributed by atoms with Crippen molar-refractivity contribution in [2.75, 3.05) is 19.1 Å². The first-order valence-electron chi connectivity index (χ1n) is 4.28. The fourth-order valence-corrected chi connectivity index (χ4v) is 1.33. The molecule has 6 heteroatoms. The number of carbonyl (C=O) groups is 2. The van der Waals surface area contributed by atoms with Crippen molar-refractivity contribution in [2.45, 2.75) is 0 Å². The fraction of sp³-hybridized carbons (Fsp3) is 0.200. The maximum absolute atomic E-state index is 11.4. The van der Waals surface area contributed by atoms with Crippen LogP contribution in [0.3, 0.4) is 0 Å². The number of benzene rings is 1. The van der Waals surface area contributed by atoms with E-state index in [0.717, 1.165) is 12.0 Å². The van der Waals surface area contributed by atoms with Gasteiger partial charge in [0, 0.05) is 12.7 Å². The van der Waals surface area contributed by atoms with Crippen LogP contribution in [0.25, 0.3) is 0 Å². The number of hydrogen-bond donors (Lipinski definition) is 0. The molecule has 4 nitrogen and oxygen atoms in total. The molecule has 0 radical (unpaired) electrons. The van der Waals surface area contributed by atoms with Crippen LogP contribution in [0, 0.1) is 0 Å². The SMILES string of the molecule is COC(=O)C(=O)N(C)c1ccc(Cl)c(Cl)c1. The lowest BCUT2D eigenvalue weighted by atomic mass is 10.3. The predicted octanol–water partition coefficient (Wildman–Crippen LogP) is 2.13. The first kappa shape index (κ1) is 12.8. The molecule has 86 valence electrons. The van der Waals surface area contributed by atoms with E-state index in [2.05, 4.69) is 4.74 Å². The molecule has 1 rings (SSSR count). The average molecular weight is 262 g/mol. The molecule has 0 aliphatic rings. The number of esters is 1. The van der Waals surface area contributed by atoms with Crippen LogP contribution in [0.4, 0.5) is 5.69 Å². The second-order valence-electron chi connectivity index (χ2n) is 2.95. The van der Waals surface area contributed by atoms with E-state index >= 15 is 0 Å². The third-order valence-corrected chi connectivity index (χ3v) is 2.69. The summed E-state index contributed by atoms with van der Waals surface area (Å²) >= 11 is 11.5. The van der Waals surface area contributed by atoms with E-state index in [4.69, 9.17) is 23.2 Å². The summed E-state index contributed by atoms with van der Waals surface area (Å²) in [5.74, 6) is -1.71. The fourth-order valence-electron chi connectivity index (χ4n) is 1.04. The molecule has 1 aromatic carbocycles. The highest BCUT2D eigenvalue weighted by Crippen LogP contribution is 2.26. The highest BCUT2D eigenvalue weighted by atomic mass is 35.5. The molecule has 0 aliphatic carbocycles. The lowest BCUT2D eigenvalue weighted by Crippen LogP contribution is -2.33. The number of ether oxygens (including phenoxy) is 1. The Morgan fingerprint density at radius 3 is 2.38 bits per heavy atom. The summed E-state index contributed by atoms with van der Waals surface area (Å²) in [7, 11) is 2.59. The van der Waals surface area contributed by atoms with Gasteiger partial charge < -0.3 is 9.64 Å². The summed E-state index contributed by atoms with van der Waals surface area (Å²) in [5.41, 5.74) is 0.463. The molecule has 0 spiro atoms. The highest BCUT2D eigenvalue weighted by Gasteiger charge is 2.20. The number of hydrogen-bond acceptors (Lipinski definition) is 3. The largest absolute Gasteiger partial charge is 0.462 e. The minimum Gasteiger partial charge on any atom is -0.462 e. The highest BCUT2D eigenvalue weighted by molar-refractivity contribution is 6.42. The zero-order chi connectivity index (χ0) is 12.3. The van der Waals surface area contributed by atoms with Gasteiger partial charge in [-0.15, -0.1) is 0 Å². The van der Waals surface area contributed by atoms with Crippen LogP contribution in [0.15, 0.2) is 18.2 Å². The number of amides is 1. The molecule has 16 heavy (non-hydrogen) atoms. The van der Waals surface area contributed by atoms with E-state index in [1.54, 1.807) is 12.1 Å². The van der Waals surface area contributed by atoms with E-state index in [9.17, 15) is 9.59 Å². The van der Waals surface area contributed by atoms with Gasteiger partial charge in [-0.05, 0) is 18.2 Å². The van der Waals surface area contributed by atoms with E-state index in [-0.39, 0.29) is 0 Å². The molecule has 0 atom stereocenters. The Balaban J connectivity index is 2.96. The average Bonchev–Trinajstić information content (AvgIpc) is 2.29. The Morgan fingerprint density at radius 2 is 1.88 bits per heavy atom. The minimum atomic E-state index is -0.937. The number of methoxy groups -OCH3 is 1. The molecule has 1 aromatic rings. The molecular formula is C10H9Cl2NO3. The minimum absolute atomic E-state index is 0.309. The van der Waals surface area contributed by atoms with Crippen LogP contribution in [0.5, 0.6) is 0 Å². The number of nitrogens with zero attached hydrogens (tertiary/aromatic N) is 1. The first-order chi connectivity index (χ1) is 7.47. The Bertz CT molecular complexity index is 434. The van der Waals surface area contributed by atoms with Crippen molar-refractivity contribution in [3.05, 3.63) is 28.2 Å². The lowest BCUT2D eigenvalue weighted by Gasteiger charge is -2.16. The molecule has 1 amide bonds. The number of likely N-dealkylation sites (N-methyl/N-ethyl adjacent to an activating group) is 1. The molecule has 0 saturated carbocycles. The van der Waals surface area contributed by atoms with Gasteiger partial charge in [-0.3, -0.25) is 4.79 Å². The zero-order valence-electron chi connectivity index (χ0n) is 8.66. The summed E-state index contributed by atoms with van der Waals surface area (Å²) in [4.78, 5) is 23.6. The second-order valence-corrected chi connectivity index (χ2v) is 3.77. The summed E-state index contributed by atoms with van der Waals surface area (Å²) in [6.07, 6.45) is 0. The third-order valence-electron chi connectivity index (χ3n) is 1.96. The molecule has 0 unspecified atom stereocenters. The van der Waals surface area contributed by atoms with Gasteiger partial charge in [-0.2, -0.15) is 0 Å². The molecule has 0 fully saturated rings. The maximum atomic E-state index is 11.4. The van der Waals surface area contributed by atoms with Crippen LogP contribution in [-0.2, 0) is 14.3 Å². The van der Waals surface area contributed by atoms with Gasteiger partial charge in [0.25, 0.3) is 0 Å². The normalized spacial score (nSPS) is 9.75. The molecule has 0 N–H and O–H groups in total. The smallest absolute Gasteiger partial charge is 0.397 e. The van der Waals surface area contributed by atoms with E-state index in [1.165, 1.54) is 13.1 Å². The van der Waals surface area contributed by atoms with Crippen molar-refractivity contribution in [3.63, 3.8) is 0 Å². The van der Waals surface area contributed by atoms with Gasteiger partial charge in [0.15, 0.2) is 0 Å². The topological polar surface area (TPSA) is 46.6 Å². The molecule has 0 aromatic heterocycles. The Kier molecular flexibility index (Phi) is 4.15. The number of anilines is 1. The van der Waals surface area contributed by atoms with Gasteiger partial charge in [-0.25, -0.2) is 4.79 Å². The Hall–Kier alpha value is -1.26. The Morgan fingerprint density at radius 1 is 1.25 bits per heavy atom. The lowest BCUT2D eigenvalue weighted by molar-refractivity contribution is -0.151. The van der Waals surface area contributed by atoms with E-state index in [0.29, 0.717) is 15.7 Å². The summed E-state index contributed by atoms with van der Waals surface area (Å²) < 4.78 is 4.32. The second kappa shape index (κ2) is 5.18. The van der Waals surface area contributed by atoms with E-state index in [1.807, 2.05) is 0 Å². The quantitative estimate of drug-likeness (QED) is 0.575. The third kappa shape index (κ3) is 2.65. The molecular weight excluding hydrogens is 253 g/mol. The van der Waals surface area contributed by atoms with Crippen LogP contribution >= 0.6 is 23.2 Å². The van der Waals surface area contributed by atoms with Gasteiger partial charge in [-0.1, -0.05) is 23.2 Å². The molecule has 0 heterocycles. The van der Waals surface area contributed by atoms with Gasteiger partial charge in [0.05, 0.1) is 17.2 Å². The van der Waals surface area contributed by atoms with Crippen molar-refractivity contribution < 1.29 is 14.3 Å². The van der Waals surface area contributed by atoms with Crippen molar-refractivity contribution in [3.8, 4) is 0 Å². The van der Waals surface area contributed by atoms with E-state index < -0.39 is 11.9 Å². The molecule has 0 saturated heterocycles. The number of rotatable bonds is 1. The van der Waals surface area contributed by atoms with Gasteiger partial charge in [0.1, 0.15) is 0 Å². The Labute approximate surface area is 103 Å². The van der Waals surface area contributed by atoms with Crippen molar-refractivity contribution in [1.29, 1.82) is 0 Å². The monoisotopic (exact) mass is 261 g/mol. The summed E-state index contributed by atoms with van der Waals surface area (Å²) in [6.45, 7) is 0. The maximum Gasteiger partial charge on any atom is 0.397 e. The summed E-state index contributed by atoms with van der Waals surface area (Å²) in [6, 6.07) is 4.61. The number of halogens is 2. The van der Waals surface area contributed by atoms with Gasteiger partial charge >= 0.3 is 11.9 Å². The molecule has 0 aliphatic heterocycles. The first-order valence-corrected chi connectivity index (χ1v) is 5.04. The predicted molar refractivity (Wildman–Crippen MR) is 61.9 cm³/mol. The summed E-state index contributed by atoms with van der Waals surface area (Å²) in [5, 5.41) is 0.688. The van der Waals surface area contributed by atoms with Crippen LogP contribution in [0.2, 0.25) is 10.0 Å².